The first-order valence-corrected chi connectivity index (χ1v) is 11.0. The average molecular weight is 449 g/mol. The molecular formula is C23H23Cl2FN2O2. The summed E-state index contributed by atoms with van der Waals surface area (Å²) in [6, 6.07) is 11.7. The van der Waals surface area contributed by atoms with Crippen LogP contribution >= 0.6 is 23.2 Å². The van der Waals surface area contributed by atoms with Gasteiger partial charge in [-0.15, -0.1) is 0 Å². The van der Waals surface area contributed by atoms with Crippen LogP contribution in [0.25, 0.3) is 0 Å². The number of oxime groups is 1. The predicted molar refractivity (Wildman–Crippen MR) is 116 cm³/mol. The van der Waals surface area contributed by atoms with Crippen molar-refractivity contribution in [2.75, 3.05) is 6.54 Å². The van der Waals surface area contributed by atoms with E-state index in [2.05, 4.69) is 5.16 Å². The van der Waals surface area contributed by atoms with Gasteiger partial charge in [-0.25, -0.2) is 4.39 Å². The zero-order valence-electron chi connectivity index (χ0n) is 16.5. The quantitative estimate of drug-likeness (QED) is 0.556. The molecule has 1 amide bonds. The van der Waals surface area contributed by atoms with Gasteiger partial charge in [0, 0.05) is 24.4 Å². The molecule has 4 rings (SSSR count). The molecule has 0 bridgehead atoms. The Morgan fingerprint density at radius 3 is 2.53 bits per heavy atom. The molecule has 2 aromatic carbocycles. The Kier molecular flexibility index (Phi) is 6.59. The van der Waals surface area contributed by atoms with Crippen molar-refractivity contribution in [1.29, 1.82) is 0 Å². The SMILES string of the molecule is O=C(C1CCCC1)N(Cc1ccc(F)cc1)CC1CC(c2ccc(Cl)c(Cl)c2)=NO1. The number of carbonyl (C=O) groups is 1. The number of halogens is 3. The molecule has 1 aliphatic heterocycles. The molecule has 4 nitrogen and oxygen atoms in total. The predicted octanol–water partition coefficient (Wildman–Crippen LogP) is 5.84. The van der Waals surface area contributed by atoms with Crippen LogP contribution in [0.5, 0.6) is 0 Å². The van der Waals surface area contributed by atoms with Gasteiger partial charge in [-0.2, -0.15) is 0 Å². The smallest absolute Gasteiger partial charge is 0.226 e. The Morgan fingerprint density at radius 2 is 1.83 bits per heavy atom. The van der Waals surface area contributed by atoms with Gasteiger partial charge in [-0.3, -0.25) is 4.79 Å². The lowest BCUT2D eigenvalue weighted by Crippen LogP contribution is -2.40. The lowest BCUT2D eigenvalue weighted by atomic mass is 10.0. The molecule has 0 N–H and O–H groups in total. The van der Waals surface area contributed by atoms with E-state index in [4.69, 9.17) is 28.0 Å². The van der Waals surface area contributed by atoms with E-state index in [9.17, 15) is 9.18 Å². The summed E-state index contributed by atoms with van der Waals surface area (Å²) in [6.07, 6.45) is 4.37. The van der Waals surface area contributed by atoms with Gasteiger partial charge in [0.1, 0.15) is 5.82 Å². The van der Waals surface area contributed by atoms with Crippen LogP contribution in [0.15, 0.2) is 47.6 Å². The molecule has 1 atom stereocenters. The Morgan fingerprint density at radius 1 is 1.10 bits per heavy atom. The van der Waals surface area contributed by atoms with E-state index >= 15 is 0 Å². The van der Waals surface area contributed by atoms with Gasteiger partial charge in [-0.1, -0.05) is 59.4 Å². The summed E-state index contributed by atoms with van der Waals surface area (Å²) in [6.45, 7) is 0.860. The van der Waals surface area contributed by atoms with E-state index in [1.807, 2.05) is 11.0 Å². The monoisotopic (exact) mass is 448 g/mol. The van der Waals surface area contributed by atoms with Crippen molar-refractivity contribution in [2.24, 2.45) is 11.1 Å². The van der Waals surface area contributed by atoms with E-state index in [0.717, 1.165) is 42.5 Å². The third kappa shape index (κ3) is 4.96. The van der Waals surface area contributed by atoms with Crippen molar-refractivity contribution in [3.8, 4) is 0 Å². The summed E-state index contributed by atoms with van der Waals surface area (Å²) < 4.78 is 13.3. The van der Waals surface area contributed by atoms with Crippen LogP contribution in [0, 0.1) is 11.7 Å². The molecule has 30 heavy (non-hydrogen) atoms. The molecular weight excluding hydrogens is 426 g/mol. The minimum atomic E-state index is -0.286. The van der Waals surface area contributed by atoms with Crippen LogP contribution in [0.4, 0.5) is 4.39 Å². The van der Waals surface area contributed by atoms with E-state index < -0.39 is 0 Å². The second-order valence-corrected chi connectivity index (χ2v) is 8.74. The van der Waals surface area contributed by atoms with E-state index in [0.29, 0.717) is 29.6 Å². The van der Waals surface area contributed by atoms with Crippen molar-refractivity contribution in [3.63, 3.8) is 0 Å². The third-order valence-corrected chi connectivity index (χ3v) is 6.45. The number of rotatable bonds is 6. The van der Waals surface area contributed by atoms with Gasteiger partial charge in [-0.05, 0) is 42.7 Å². The van der Waals surface area contributed by atoms with Gasteiger partial charge in [0.25, 0.3) is 0 Å². The van der Waals surface area contributed by atoms with Crippen molar-refractivity contribution in [1.82, 2.24) is 4.90 Å². The van der Waals surface area contributed by atoms with Gasteiger partial charge < -0.3 is 9.74 Å². The maximum absolute atomic E-state index is 13.3. The highest BCUT2D eigenvalue weighted by atomic mass is 35.5. The molecule has 0 saturated heterocycles. The van der Waals surface area contributed by atoms with E-state index in [1.165, 1.54) is 12.1 Å². The van der Waals surface area contributed by atoms with E-state index in [-0.39, 0.29) is 23.7 Å². The molecule has 7 heteroatoms. The fourth-order valence-corrected chi connectivity index (χ4v) is 4.39. The molecule has 1 fully saturated rings. The fourth-order valence-electron chi connectivity index (χ4n) is 4.09. The second-order valence-electron chi connectivity index (χ2n) is 7.93. The molecule has 2 aliphatic rings. The normalized spacial score (nSPS) is 18.9. The zero-order valence-corrected chi connectivity index (χ0v) is 18.0. The molecule has 1 aliphatic carbocycles. The van der Waals surface area contributed by atoms with Crippen LogP contribution in [0.2, 0.25) is 10.0 Å². The summed E-state index contributed by atoms with van der Waals surface area (Å²) in [5.41, 5.74) is 2.54. The third-order valence-electron chi connectivity index (χ3n) is 5.71. The Hall–Kier alpha value is -2.11. The summed E-state index contributed by atoms with van der Waals surface area (Å²) in [7, 11) is 0. The molecule has 1 heterocycles. The van der Waals surface area contributed by atoms with Crippen molar-refractivity contribution in [3.05, 3.63) is 69.5 Å². The van der Waals surface area contributed by atoms with Crippen LogP contribution in [-0.4, -0.2) is 29.2 Å². The van der Waals surface area contributed by atoms with Crippen LogP contribution in [0.3, 0.4) is 0 Å². The Bertz CT molecular complexity index is 943. The average Bonchev–Trinajstić information content (AvgIpc) is 3.43. The van der Waals surface area contributed by atoms with E-state index in [1.54, 1.807) is 24.3 Å². The first-order chi connectivity index (χ1) is 14.5. The Labute approximate surface area is 185 Å². The zero-order chi connectivity index (χ0) is 21.1. The van der Waals surface area contributed by atoms with Crippen molar-refractivity contribution in [2.45, 2.75) is 44.8 Å². The molecule has 0 spiro atoms. The molecule has 0 radical (unpaired) electrons. The summed E-state index contributed by atoms with van der Waals surface area (Å²) in [5, 5.41) is 5.17. The van der Waals surface area contributed by atoms with Gasteiger partial charge >= 0.3 is 0 Å². The number of amides is 1. The molecule has 1 saturated carbocycles. The highest BCUT2D eigenvalue weighted by molar-refractivity contribution is 6.42. The first kappa shape index (κ1) is 21.1. The second kappa shape index (κ2) is 9.36. The fraction of sp³-hybridized carbons (Fsp3) is 0.391. The van der Waals surface area contributed by atoms with Gasteiger partial charge in [0.05, 0.1) is 22.3 Å². The Balaban J connectivity index is 1.45. The molecule has 1 unspecified atom stereocenters. The lowest BCUT2D eigenvalue weighted by Gasteiger charge is -2.27. The van der Waals surface area contributed by atoms with Crippen LogP contribution in [-0.2, 0) is 16.2 Å². The topological polar surface area (TPSA) is 41.9 Å². The van der Waals surface area contributed by atoms with Gasteiger partial charge in [0.15, 0.2) is 6.10 Å². The van der Waals surface area contributed by atoms with Crippen LogP contribution < -0.4 is 0 Å². The van der Waals surface area contributed by atoms with Gasteiger partial charge in [0.2, 0.25) is 5.91 Å². The van der Waals surface area contributed by atoms with Crippen molar-refractivity contribution >= 4 is 34.8 Å². The largest absolute Gasteiger partial charge is 0.390 e. The molecule has 158 valence electrons. The highest BCUT2D eigenvalue weighted by Crippen LogP contribution is 2.29. The molecule has 2 aromatic rings. The highest BCUT2D eigenvalue weighted by Gasteiger charge is 2.31. The van der Waals surface area contributed by atoms with Crippen molar-refractivity contribution < 1.29 is 14.0 Å². The number of hydrogen-bond donors (Lipinski definition) is 0. The number of benzene rings is 2. The maximum Gasteiger partial charge on any atom is 0.226 e. The van der Waals surface area contributed by atoms with Crippen LogP contribution in [0.1, 0.15) is 43.2 Å². The number of carbonyl (C=O) groups excluding carboxylic acids is 1. The summed E-state index contributed by atoms with van der Waals surface area (Å²) >= 11 is 12.1. The number of nitrogens with zero attached hydrogens (tertiary/aromatic N) is 2. The summed E-state index contributed by atoms with van der Waals surface area (Å²) in [5.74, 6) is -0.0862. The lowest BCUT2D eigenvalue weighted by molar-refractivity contribution is -0.137. The summed E-state index contributed by atoms with van der Waals surface area (Å²) in [4.78, 5) is 20.6. The first-order valence-electron chi connectivity index (χ1n) is 10.2. The minimum absolute atomic E-state index is 0.0577. The molecule has 0 aromatic heterocycles. The number of hydrogen-bond acceptors (Lipinski definition) is 3. The standard InChI is InChI=1S/C23H23Cl2FN2O2/c24-20-10-7-17(11-21(20)25)22-12-19(30-27-22)14-28(23(29)16-3-1-2-4-16)13-15-5-8-18(26)9-6-15/h5-11,16,19H,1-4,12-14H2. The minimum Gasteiger partial charge on any atom is -0.390 e. The maximum atomic E-state index is 13.3.